The quantitative estimate of drug-likeness (QED) is 0.761. The zero-order valence-electron chi connectivity index (χ0n) is 9.50. The molecule has 6 heteroatoms. The van der Waals surface area contributed by atoms with Crippen LogP contribution in [0.3, 0.4) is 0 Å². The van der Waals surface area contributed by atoms with Crippen LogP contribution in [0.4, 0.5) is 0 Å². The van der Waals surface area contributed by atoms with Gasteiger partial charge in [0.1, 0.15) is 0 Å². The highest BCUT2D eigenvalue weighted by Gasteiger charge is 2.08. The van der Waals surface area contributed by atoms with Crippen LogP contribution in [0.1, 0.15) is 17.0 Å². The van der Waals surface area contributed by atoms with Gasteiger partial charge < -0.3 is 5.73 Å². The summed E-state index contributed by atoms with van der Waals surface area (Å²) in [5.74, 6) is 0. The summed E-state index contributed by atoms with van der Waals surface area (Å²) in [7, 11) is 0. The molecule has 0 aromatic carbocycles. The Morgan fingerprint density at radius 2 is 2.35 bits per heavy atom. The lowest BCUT2D eigenvalue weighted by atomic mass is 10.2. The van der Waals surface area contributed by atoms with E-state index in [1.807, 2.05) is 40.0 Å². The van der Waals surface area contributed by atoms with Gasteiger partial charge in [0.25, 0.3) is 0 Å². The van der Waals surface area contributed by atoms with Gasteiger partial charge in [0, 0.05) is 35.6 Å². The van der Waals surface area contributed by atoms with Gasteiger partial charge in [-0.15, -0.1) is 11.3 Å². The highest BCUT2D eigenvalue weighted by molar-refractivity contribution is 7.15. The third-order valence-corrected chi connectivity index (χ3v) is 3.65. The van der Waals surface area contributed by atoms with Gasteiger partial charge in [-0.05, 0) is 6.92 Å². The lowest BCUT2D eigenvalue weighted by Crippen LogP contribution is -2.05. The van der Waals surface area contributed by atoms with Crippen molar-refractivity contribution in [1.82, 2.24) is 19.2 Å². The molecule has 0 saturated carbocycles. The van der Waals surface area contributed by atoms with Gasteiger partial charge in [0.2, 0.25) is 0 Å². The van der Waals surface area contributed by atoms with Crippen LogP contribution in [0.25, 0.3) is 4.96 Å². The van der Waals surface area contributed by atoms with Crippen LogP contribution in [0, 0.1) is 6.92 Å². The van der Waals surface area contributed by atoms with E-state index in [0.717, 1.165) is 21.9 Å². The van der Waals surface area contributed by atoms with Crippen molar-refractivity contribution in [2.45, 2.75) is 20.0 Å². The van der Waals surface area contributed by atoms with E-state index in [0.29, 0.717) is 13.1 Å². The van der Waals surface area contributed by atoms with Gasteiger partial charge >= 0.3 is 0 Å². The molecule has 0 atom stereocenters. The Hall–Kier alpha value is -1.66. The molecule has 3 heterocycles. The molecule has 3 aromatic heterocycles. The number of rotatable bonds is 3. The topological polar surface area (TPSA) is 61.1 Å². The zero-order valence-corrected chi connectivity index (χ0v) is 10.3. The lowest BCUT2D eigenvalue weighted by molar-refractivity contribution is 0.653. The summed E-state index contributed by atoms with van der Waals surface area (Å²) in [5, 5.41) is 6.35. The van der Waals surface area contributed by atoms with E-state index in [2.05, 4.69) is 10.1 Å². The number of aromatic nitrogens is 4. The van der Waals surface area contributed by atoms with Crippen LogP contribution in [0.15, 0.2) is 24.0 Å². The van der Waals surface area contributed by atoms with E-state index >= 15 is 0 Å². The molecule has 88 valence electrons. The van der Waals surface area contributed by atoms with Crippen LogP contribution in [0.5, 0.6) is 0 Å². The van der Waals surface area contributed by atoms with Crippen molar-refractivity contribution in [2.24, 2.45) is 5.73 Å². The first-order chi connectivity index (χ1) is 8.28. The predicted octanol–water partition coefficient (Wildman–Crippen LogP) is 1.41. The molecule has 0 fully saturated rings. The van der Waals surface area contributed by atoms with E-state index < -0.39 is 0 Å². The summed E-state index contributed by atoms with van der Waals surface area (Å²) >= 11 is 1.63. The number of hydrogen-bond donors (Lipinski definition) is 1. The SMILES string of the molecule is Cc1c(CN)cnn1Cc1cn2ccsc2n1. The third kappa shape index (κ3) is 1.75. The molecule has 0 saturated heterocycles. The second-order valence-corrected chi connectivity index (χ2v) is 4.82. The molecule has 17 heavy (non-hydrogen) atoms. The number of thiazole rings is 1. The molecule has 0 amide bonds. The van der Waals surface area contributed by atoms with E-state index in [1.165, 1.54) is 0 Å². The maximum atomic E-state index is 5.63. The lowest BCUT2D eigenvalue weighted by Gasteiger charge is -2.02. The fourth-order valence-electron chi connectivity index (χ4n) is 1.85. The zero-order chi connectivity index (χ0) is 11.8. The minimum atomic E-state index is 0.532. The van der Waals surface area contributed by atoms with Gasteiger partial charge in [0.05, 0.1) is 18.4 Å². The molecular formula is C11H13N5S. The molecule has 0 unspecified atom stereocenters. The first-order valence-electron chi connectivity index (χ1n) is 5.40. The van der Waals surface area contributed by atoms with Crippen molar-refractivity contribution >= 4 is 16.3 Å². The Bertz CT molecular complexity index is 619. The largest absolute Gasteiger partial charge is 0.326 e. The smallest absolute Gasteiger partial charge is 0.193 e. The van der Waals surface area contributed by atoms with Crippen LogP contribution in [0.2, 0.25) is 0 Å². The predicted molar refractivity (Wildman–Crippen MR) is 67.0 cm³/mol. The van der Waals surface area contributed by atoms with Crippen molar-refractivity contribution in [2.75, 3.05) is 0 Å². The maximum absolute atomic E-state index is 5.63. The number of nitrogens with zero attached hydrogens (tertiary/aromatic N) is 4. The van der Waals surface area contributed by atoms with E-state index in [9.17, 15) is 0 Å². The van der Waals surface area contributed by atoms with Crippen molar-refractivity contribution in [1.29, 1.82) is 0 Å². The third-order valence-electron chi connectivity index (χ3n) is 2.88. The van der Waals surface area contributed by atoms with Crippen molar-refractivity contribution in [3.05, 3.63) is 40.9 Å². The Labute approximate surface area is 103 Å². The van der Waals surface area contributed by atoms with Gasteiger partial charge in [-0.2, -0.15) is 5.10 Å². The number of fused-ring (bicyclic) bond motifs is 1. The first-order valence-corrected chi connectivity index (χ1v) is 6.28. The van der Waals surface area contributed by atoms with Crippen LogP contribution >= 0.6 is 11.3 Å². The summed E-state index contributed by atoms with van der Waals surface area (Å²) in [6.07, 6.45) is 5.88. The molecule has 3 aromatic rings. The second-order valence-electron chi connectivity index (χ2n) is 3.94. The van der Waals surface area contributed by atoms with E-state index in [4.69, 9.17) is 5.73 Å². The standard InChI is InChI=1S/C11H13N5S/c1-8-9(4-12)5-13-16(8)7-10-6-15-2-3-17-11(15)14-10/h2-3,5-6H,4,7,12H2,1H3. The molecule has 0 bridgehead atoms. The normalized spacial score (nSPS) is 11.4. The highest BCUT2D eigenvalue weighted by atomic mass is 32.1. The summed E-state index contributed by atoms with van der Waals surface area (Å²) in [6.45, 7) is 3.26. The molecule has 2 N–H and O–H groups in total. The summed E-state index contributed by atoms with van der Waals surface area (Å²) < 4.78 is 3.97. The van der Waals surface area contributed by atoms with Crippen molar-refractivity contribution in [3.63, 3.8) is 0 Å². The average molecular weight is 247 g/mol. The van der Waals surface area contributed by atoms with Crippen molar-refractivity contribution in [3.8, 4) is 0 Å². The van der Waals surface area contributed by atoms with Crippen LogP contribution < -0.4 is 5.73 Å². The summed E-state index contributed by atoms with van der Waals surface area (Å²) in [4.78, 5) is 5.55. The molecule has 0 aliphatic heterocycles. The molecule has 0 radical (unpaired) electrons. The van der Waals surface area contributed by atoms with Gasteiger partial charge in [-0.1, -0.05) is 0 Å². The Morgan fingerprint density at radius 3 is 3.06 bits per heavy atom. The number of nitrogens with two attached hydrogens (primary N) is 1. The molecular weight excluding hydrogens is 234 g/mol. The van der Waals surface area contributed by atoms with Crippen molar-refractivity contribution < 1.29 is 0 Å². The maximum Gasteiger partial charge on any atom is 0.193 e. The molecule has 0 spiro atoms. The minimum absolute atomic E-state index is 0.532. The van der Waals surface area contributed by atoms with E-state index in [1.54, 1.807) is 11.3 Å². The van der Waals surface area contributed by atoms with Gasteiger partial charge in [0.15, 0.2) is 4.96 Å². The second kappa shape index (κ2) is 3.97. The summed E-state index contributed by atoms with van der Waals surface area (Å²) in [5.41, 5.74) is 8.85. The molecule has 0 aliphatic carbocycles. The minimum Gasteiger partial charge on any atom is -0.326 e. The summed E-state index contributed by atoms with van der Waals surface area (Å²) in [6, 6.07) is 0. The Balaban J connectivity index is 1.91. The van der Waals surface area contributed by atoms with Crippen LogP contribution in [-0.2, 0) is 13.1 Å². The molecule has 0 aliphatic rings. The van der Waals surface area contributed by atoms with Crippen LogP contribution in [-0.4, -0.2) is 19.2 Å². The fraction of sp³-hybridized carbons (Fsp3) is 0.273. The van der Waals surface area contributed by atoms with E-state index in [-0.39, 0.29) is 0 Å². The average Bonchev–Trinajstić information content (AvgIpc) is 2.95. The van der Waals surface area contributed by atoms with Gasteiger partial charge in [-0.3, -0.25) is 9.08 Å². The molecule has 3 rings (SSSR count). The van der Waals surface area contributed by atoms with Gasteiger partial charge in [-0.25, -0.2) is 4.98 Å². The number of imidazole rings is 1. The Morgan fingerprint density at radius 1 is 1.47 bits per heavy atom. The fourth-order valence-corrected chi connectivity index (χ4v) is 2.57. The first kappa shape index (κ1) is 10.5. The highest BCUT2D eigenvalue weighted by Crippen LogP contribution is 2.13. The Kier molecular flexibility index (Phi) is 2.45. The monoisotopic (exact) mass is 247 g/mol. The number of hydrogen-bond acceptors (Lipinski definition) is 4. The molecule has 5 nitrogen and oxygen atoms in total.